The smallest absolute Gasteiger partial charge is 0.166 e. The maximum absolute atomic E-state index is 13.4. The second-order valence-electron chi connectivity index (χ2n) is 6.90. The Bertz CT molecular complexity index is 805. The van der Waals surface area contributed by atoms with Gasteiger partial charge >= 0.3 is 0 Å². The first kappa shape index (κ1) is 18.5. The van der Waals surface area contributed by atoms with Gasteiger partial charge in [0.05, 0.1) is 10.9 Å². The molecular weight excluding hydrogens is 350 g/mol. The summed E-state index contributed by atoms with van der Waals surface area (Å²) >= 11 is 0. The zero-order valence-electron chi connectivity index (χ0n) is 15.0. The predicted molar refractivity (Wildman–Crippen MR) is 102 cm³/mol. The predicted octanol–water partition coefficient (Wildman–Crippen LogP) is 6.24. The molecule has 3 aromatic rings. The van der Waals surface area contributed by atoms with E-state index in [1.807, 2.05) is 45.0 Å². The molecule has 0 unspecified atom stereocenters. The summed E-state index contributed by atoms with van der Waals surface area (Å²) in [6.45, 7) is 6.01. The first-order chi connectivity index (χ1) is 12.3. The lowest BCUT2D eigenvalue weighted by Gasteiger charge is -2.21. The first-order valence-corrected chi connectivity index (χ1v) is 9.59. The van der Waals surface area contributed by atoms with Crippen molar-refractivity contribution in [1.82, 2.24) is 0 Å². The van der Waals surface area contributed by atoms with Crippen LogP contribution in [0, 0.1) is 11.6 Å². The minimum Gasteiger partial charge on any atom is -0.488 e. The molecule has 0 heterocycles. The van der Waals surface area contributed by atoms with E-state index in [1.165, 1.54) is 24.3 Å². The van der Waals surface area contributed by atoms with E-state index in [4.69, 9.17) is 4.74 Å². The van der Waals surface area contributed by atoms with Crippen LogP contribution in [0.5, 0.6) is 5.75 Å². The maximum Gasteiger partial charge on any atom is 0.166 e. The molecule has 3 rings (SSSR count). The summed E-state index contributed by atoms with van der Waals surface area (Å²) in [5.74, 6) is 0.249. The summed E-state index contributed by atoms with van der Waals surface area (Å²) in [4.78, 5) is 3.01. The lowest BCUT2D eigenvalue weighted by atomic mass is 10.2. The van der Waals surface area contributed by atoms with Crippen LogP contribution in [0.4, 0.5) is 8.78 Å². The largest absolute Gasteiger partial charge is 0.488 e. The minimum atomic E-state index is -0.451. The van der Waals surface area contributed by atoms with Crippen molar-refractivity contribution in [3.63, 3.8) is 0 Å². The molecule has 0 saturated heterocycles. The molecule has 0 radical (unpaired) electrons. The molecule has 0 saturated carbocycles. The fourth-order valence-electron chi connectivity index (χ4n) is 2.55. The summed E-state index contributed by atoms with van der Waals surface area (Å²) in [5, 5.41) is 0. The van der Waals surface area contributed by atoms with Crippen molar-refractivity contribution in [1.29, 1.82) is 0 Å². The molecule has 0 bridgehead atoms. The van der Waals surface area contributed by atoms with Gasteiger partial charge in [-0.2, -0.15) is 0 Å². The third-order valence-corrected chi connectivity index (χ3v) is 5.81. The van der Waals surface area contributed by atoms with Crippen LogP contribution < -0.4 is 4.74 Å². The third kappa shape index (κ3) is 4.64. The molecule has 0 spiro atoms. The summed E-state index contributed by atoms with van der Waals surface area (Å²) in [6.07, 6.45) is 0. The highest BCUT2D eigenvalue weighted by Gasteiger charge is 2.29. The summed E-state index contributed by atoms with van der Waals surface area (Å²) in [6, 6.07) is 20.8. The lowest BCUT2D eigenvalue weighted by molar-refractivity contribution is 0.131. The number of ether oxygens (including phenoxy) is 1. The van der Waals surface area contributed by atoms with E-state index in [0.29, 0.717) is 0 Å². The van der Waals surface area contributed by atoms with Crippen LogP contribution in [-0.2, 0) is 10.9 Å². The van der Waals surface area contributed by atoms with Gasteiger partial charge in [0.1, 0.15) is 23.0 Å². The Hall–Kier alpha value is -2.33. The Morgan fingerprint density at radius 1 is 0.615 bits per heavy atom. The van der Waals surface area contributed by atoms with Gasteiger partial charge in [0.2, 0.25) is 0 Å². The SMILES string of the molecule is CC(C)(C)Oc1ccc([S+](c2ccc(F)cc2)c2ccc(F)cc2)cc1. The quantitative estimate of drug-likeness (QED) is 0.494. The van der Waals surface area contributed by atoms with Crippen LogP contribution in [0.1, 0.15) is 20.8 Å². The van der Waals surface area contributed by atoms with Gasteiger partial charge in [-0.05, 0) is 93.6 Å². The van der Waals surface area contributed by atoms with Gasteiger partial charge in [0, 0.05) is 0 Å². The fourth-order valence-corrected chi connectivity index (χ4v) is 4.59. The molecule has 0 aromatic heterocycles. The van der Waals surface area contributed by atoms with Crippen molar-refractivity contribution in [2.24, 2.45) is 0 Å². The number of benzene rings is 3. The molecule has 4 heteroatoms. The van der Waals surface area contributed by atoms with Gasteiger partial charge in [-0.15, -0.1) is 0 Å². The van der Waals surface area contributed by atoms with Crippen molar-refractivity contribution in [3.05, 3.63) is 84.4 Å². The molecule has 0 N–H and O–H groups in total. The van der Waals surface area contributed by atoms with Crippen molar-refractivity contribution >= 4 is 10.9 Å². The van der Waals surface area contributed by atoms with E-state index in [-0.39, 0.29) is 17.2 Å². The van der Waals surface area contributed by atoms with Crippen molar-refractivity contribution in [3.8, 4) is 5.75 Å². The molecule has 0 fully saturated rings. The van der Waals surface area contributed by atoms with Gasteiger partial charge in [-0.3, -0.25) is 0 Å². The normalized spacial score (nSPS) is 11.6. The average Bonchev–Trinajstić information content (AvgIpc) is 2.59. The van der Waals surface area contributed by atoms with E-state index in [9.17, 15) is 8.78 Å². The zero-order valence-corrected chi connectivity index (χ0v) is 15.8. The molecule has 0 aliphatic carbocycles. The van der Waals surface area contributed by atoms with E-state index in [0.717, 1.165) is 20.4 Å². The van der Waals surface area contributed by atoms with Crippen LogP contribution in [-0.4, -0.2) is 5.60 Å². The second-order valence-corrected chi connectivity index (χ2v) is 8.93. The molecule has 0 atom stereocenters. The Morgan fingerprint density at radius 3 is 1.31 bits per heavy atom. The van der Waals surface area contributed by atoms with E-state index >= 15 is 0 Å². The van der Waals surface area contributed by atoms with Crippen molar-refractivity contribution in [2.45, 2.75) is 41.1 Å². The van der Waals surface area contributed by atoms with Crippen LogP contribution in [0.15, 0.2) is 87.5 Å². The van der Waals surface area contributed by atoms with Gasteiger partial charge in [0.25, 0.3) is 0 Å². The highest BCUT2D eigenvalue weighted by molar-refractivity contribution is 7.97. The second kappa shape index (κ2) is 7.50. The zero-order chi connectivity index (χ0) is 18.7. The van der Waals surface area contributed by atoms with Crippen LogP contribution in [0.2, 0.25) is 0 Å². The molecule has 0 amide bonds. The van der Waals surface area contributed by atoms with Crippen LogP contribution in [0.25, 0.3) is 0 Å². The Balaban J connectivity index is 2.00. The topological polar surface area (TPSA) is 9.23 Å². The number of halogens is 2. The average molecular weight is 371 g/mol. The van der Waals surface area contributed by atoms with Crippen LogP contribution >= 0.6 is 0 Å². The molecule has 134 valence electrons. The third-order valence-electron chi connectivity index (χ3n) is 3.58. The van der Waals surface area contributed by atoms with Gasteiger partial charge in [-0.1, -0.05) is 0 Å². The Labute approximate surface area is 156 Å². The van der Waals surface area contributed by atoms with Crippen molar-refractivity contribution in [2.75, 3.05) is 0 Å². The Kier molecular flexibility index (Phi) is 5.33. The maximum atomic E-state index is 13.4. The number of hydrogen-bond acceptors (Lipinski definition) is 1. The van der Waals surface area contributed by atoms with Gasteiger partial charge < -0.3 is 4.74 Å². The minimum absolute atomic E-state index is 0.267. The molecule has 26 heavy (non-hydrogen) atoms. The lowest BCUT2D eigenvalue weighted by Crippen LogP contribution is -2.22. The van der Waals surface area contributed by atoms with Crippen molar-refractivity contribution < 1.29 is 13.5 Å². The molecule has 1 nitrogen and oxygen atoms in total. The van der Waals surface area contributed by atoms with Gasteiger partial charge in [0.15, 0.2) is 14.7 Å². The summed E-state index contributed by atoms with van der Waals surface area (Å²) in [7, 11) is -0.451. The monoisotopic (exact) mass is 371 g/mol. The first-order valence-electron chi connectivity index (χ1n) is 8.36. The Morgan fingerprint density at radius 2 is 0.962 bits per heavy atom. The summed E-state index contributed by atoms with van der Waals surface area (Å²) < 4.78 is 32.6. The summed E-state index contributed by atoms with van der Waals surface area (Å²) in [5.41, 5.74) is -0.267. The van der Waals surface area contributed by atoms with E-state index in [1.54, 1.807) is 24.3 Å². The fraction of sp³-hybridized carbons (Fsp3) is 0.182. The van der Waals surface area contributed by atoms with Crippen LogP contribution in [0.3, 0.4) is 0 Å². The number of hydrogen-bond donors (Lipinski definition) is 0. The number of rotatable bonds is 4. The molecule has 0 aliphatic rings. The molecule has 0 aliphatic heterocycles. The van der Waals surface area contributed by atoms with E-state index in [2.05, 4.69) is 0 Å². The van der Waals surface area contributed by atoms with Gasteiger partial charge in [-0.25, -0.2) is 8.78 Å². The standard InChI is InChI=1S/C22H21F2OS/c1-22(2,3)25-18-8-14-21(15-9-18)26(19-10-4-16(23)5-11-19)20-12-6-17(24)7-13-20/h4-15H,1-3H3/q+1. The molecular formula is C22H21F2OS+. The highest BCUT2D eigenvalue weighted by atomic mass is 32.2. The molecule has 3 aromatic carbocycles. The highest BCUT2D eigenvalue weighted by Crippen LogP contribution is 2.32. The van der Waals surface area contributed by atoms with E-state index < -0.39 is 10.9 Å².